The van der Waals surface area contributed by atoms with Crippen molar-refractivity contribution in [2.45, 2.75) is 6.92 Å². The van der Waals surface area contributed by atoms with Crippen molar-refractivity contribution in [2.24, 2.45) is 10.2 Å². The van der Waals surface area contributed by atoms with Gasteiger partial charge in [0.1, 0.15) is 5.69 Å². The highest BCUT2D eigenvalue weighted by atomic mass is 35.5. The second-order valence-corrected chi connectivity index (χ2v) is 4.15. The lowest BCUT2D eigenvalue weighted by atomic mass is 10.2. The van der Waals surface area contributed by atoms with Gasteiger partial charge in [0, 0.05) is 5.69 Å². The second kappa shape index (κ2) is 4.97. The van der Waals surface area contributed by atoms with Crippen molar-refractivity contribution in [3.8, 4) is 0 Å². The molecule has 2 aromatic carbocycles. The van der Waals surface area contributed by atoms with Crippen molar-refractivity contribution in [3.63, 3.8) is 0 Å². The molecule has 2 N–H and O–H groups in total. The zero-order valence-electron chi connectivity index (χ0n) is 9.39. The van der Waals surface area contributed by atoms with E-state index in [0.29, 0.717) is 16.4 Å². The molecule has 0 aliphatic rings. The van der Waals surface area contributed by atoms with Crippen molar-refractivity contribution in [1.29, 1.82) is 0 Å². The number of hydrogen-bond donors (Lipinski definition) is 1. The van der Waals surface area contributed by atoms with Crippen molar-refractivity contribution in [1.82, 2.24) is 0 Å². The van der Waals surface area contributed by atoms with Crippen LogP contribution in [0.3, 0.4) is 0 Å². The molecule has 0 radical (unpaired) electrons. The van der Waals surface area contributed by atoms with Gasteiger partial charge in [-0.3, -0.25) is 0 Å². The molecule has 17 heavy (non-hydrogen) atoms. The number of aryl methyl sites for hydroxylation is 1. The van der Waals surface area contributed by atoms with Crippen LogP contribution in [0.5, 0.6) is 0 Å². The standard InChI is InChI=1S/C13H12ClN3/c1-9-2-7-13(12(14)8-9)17-16-11-5-3-10(15)4-6-11/h2-8H,15H2,1H3. The minimum Gasteiger partial charge on any atom is -0.399 e. The maximum Gasteiger partial charge on any atom is 0.104 e. The molecule has 3 nitrogen and oxygen atoms in total. The molecule has 0 amide bonds. The number of anilines is 1. The summed E-state index contributed by atoms with van der Waals surface area (Å²) >= 11 is 6.05. The molecule has 2 rings (SSSR count). The number of benzene rings is 2. The van der Waals surface area contributed by atoms with E-state index in [9.17, 15) is 0 Å². The lowest BCUT2D eigenvalue weighted by Gasteiger charge is -1.98. The van der Waals surface area contributed by atoms with Gasteiger partial charge in [0.25, 0.3) is 0 Å². The summed E-state index contributed by atoms with van der Waals surface area (Å²) < 4.78 is 0. The SMILES string of the molecule is Cc1ccc(N=Nc2ccc(N)cc2)c(Cl)c1. The Kier molecular flexibility index (Phi) is 3.40. The van der Waals surface area contributed by atoms with Gasteiger partial charge in [-0.25, -0.2) is 0 Å². The smallest absolute Gasteiger partial charge is 0.104 e. The monoisotopic (exact) mass is 245 g/mol. The minimum atomic E-state index is 0.601. The third kappa shape index (κ3) is 3.04. The van der Waals surface area contributed by atoms with Crippen LogP contribution in [0.1, 0.15) is 5.56 Å². The molecule has 0 unspecified atom stereocenters. The largest absolute Gasteiger partial charge is 0.399 e. The van der Waals surface area contributed by atoms with Crippen LogP contribution < -0.4 is 5.73 Å². The van der Waals surface area contributed by atoms with E-state index in [0.717, 1.165) is 11.3 Å². The van der Waals surface area contributed by atoms with Gasteiger partial charge < -0.3 is 5.73 Å². The molecule has 0 aromatic heterocycles. The van der Waals surface area contributed by atoms with E-state index < -0.39 is 0 Å². The molecule has 0 aliphatic carbocycles. The summed E-state index contributed by atoms with van der Waals surface area (Å²) in [5.74, 6) is 0. The van der Waals surface area contributed by atoms with Crippen LogP contribution in [0, 0.1) is 6.92 Å². The molecule has 0 heterocycles. The Labute approximate surface area is 105 Å². The summed E-state index contributed by atoms with van der Waals surface area (Å²) in [5.41, 5.74) is 8.79. The molecule has 86 valence electrons. The molecule has 0 fully saturated rings. The molecular formula is C13H12ClN3. The maximum absolute atomic E-state index is 6.05. The van der Waals surface area contributed by atoms with Gasteiger partial charge in [0.05, 0.1) is 10.7 Å². The summed E-state index contributed by atoms with van der Waals surface area (Å²) in [4.78, 5) is 0. The Morgan fingerprint density at radius 1 is 1.00 bits per heavy atom. The van der Waals surface area contributed by atoms with E-state index in [1.54, 1.807) is 24.3 Å². The van der Waals surface area contributed by atoms with Crippen LogP contribution in [-0.4, -0.2) is 0 Å². The van der Waals surface area contributed by atoms with E-state index >= 15 is 0 Å². The average Bonchev–Trinajstić information content (AvgIpc) is 2.30. The van der Waals surface area contributed by atoms with Gasteiger partial charge in [0.15, 0.2) is 0 Å². The predicted molar refractivity (Wildman–Crippen MR) is 71.2 cm³/mol. The fourth-order valence-electron chi connectivity index (χ4n) is 1.35. The third-order valence-corrected chi connectivity index (χ3v) is 2.57. The number of halogens is 1. The van der Waals surface area contributed by atoms with Crippen LogP contribution in [0.2, 0.25) is 5.02 Å². The molecule has 0 saturated carbocycles. The summed E-state index contributed by atoms with van der Waals surface area (Å²) in [7, 11) is 0. The van der Waals surface area contributed by atoms with Crippen LogP contribution in [0.4, 0.5) is 17.1 Å². The van der Waals surface area contributed by atoms with Gasteiger partial charge in [-0.2, -0.15) is 5.11 Å². The second-order valence-electron chi connectivity index (χ2n) is 3.75. The van der Waals surface area contributed by atoms with Gasteiger partial charge in [-0.15, -0.1) is 5.11 Å². The molecule has 0 atom stereocenters. The molecule has 2 aromatic rings. The first-order valence-electron chi connectivity index (χ1n) is 5.18. The van der Waals surface area contributed by atoms with E-state index in [1.807, 2.05) is 25.1 Å². The Morgan fingerprint density at radius 2 is 1.71 bits per heavy atom. The predicted octanol–water partition coefficient (Wildman–Crippen LogP) is 4.65. The number of nitrogen functional groups attached to an aromatic ring is 1. The zero-order chi connectivity index (χ0) is 12.3. The van der Waals surface area contributed by atoms with Crippen molar-refractivity contribution >= 4 is 28.7 Å². The van der Waals surface area contributed by atoms with Crippen molar-refractivity contribution < 1.29 is 0 Å². The highest BCUT2D eigenvalue weighted by molar-refractivity contribution is 6.33. The molecule has 0 aliphatic heterocycles. The Bertz CT molecular complexity index is 547. The third-order valence-electron chi connectivity index (χ3n) is 2.27. The molecule has 0 saturated heterocycles. The Morgan fingerprint density at radius 3 is 2.35 bits per heavy atom. The van der Waals surface area contributed by atoms with E-state index in [4.69, 9.17) is 17.3 Å². The average molecular weight is 246 g/mol. The van der Waals surface area contributed by atoms with Crippen LogP contribution in [0.25, 0.3) is 0 Å². The number of azo groups is 1. The maximum atomic E-state index is 6.05. The quantitative estimate of drug-likeness (QED) is 0.608. The van der Waals surface area contributed by atoms with Crippen molar-refractivity contribution in [2.75, 3.05) is 5.73 Å². The number of nitrogens with zero attached hydrogens (tertiary/aromatic N) is 2. The highest BCUT2D eigenvalue weighted by Crippen LogP contribution is 2.27. The van der Waals surface area contributed by atoms with Gasteiger partial charge in [-0.05, 0) is 48.9 Å². The number of hydrogen-bond acceptors (Lipinski definition) is 3. The summed E-state index contributed by atoms with van der Waals surface area (Å²) in [6.07, 6.45) is 0. The molecule has 0 spiro atoms. The van der Waals surface area contributed by atoms with E-state index in [-0.39, 0.29) is 0 Å². The normalized spacial score (nSPS) is 10.9. The summed E-state index contributed by atoms with van der Waals surface area (Å²) in [6.45, 7) is 1.98. The topological polar surface area (TPSA) is 50.7 Å². The highest BCUT2D eigenvalue weighted by Gasteiger charge is 1.98. The van der Waals surface area contributed by atoms with Gasteiger partial charge in [-0.1, -0.05) is 17.7 Å². The Balaban J connectivity index is 2.23. The molecule has 0 bridgehead atoms. The van der Waals surface area contributed by atoms with Crippen LogP contribution >= 0.6 is 11.6 Å². The lowest BCUT2D eigenvalue weighted by Crippen LogP contribution is -1.80. The van der Waals surface area contributed by atoms with E-state index in [2.05, 4.69) is 10.2 Å². The summed E-state index contributed by atoms with van der Waals surface area (Å²) in [5, 5.41) is 8.79. The summed E-state index contributed by atoms with van der Waals surface area (Å²) in [6, 6.07) is 12.8. The Hall–Kier alpha value is -1.87. The van der Waals surface area contributed by atoms with Gasteiger partial charge >= 0.3 is 0 Å². The first-order valence-corrected chi connectivity index (χ1v) is 5.56. The molecule has 4 heteroatoms. The zero-order valence-corrected chi connectivity index (χ0v) is 10.1. The fourth-order valence-corrected chi connectivity index (χ4v) is 1.62. The first kappa shape index (κ1) is 11.6. The van der Waals surface area contributed by atoms with Crippen LogP contribution in [-0.2, 0) is 0 Å². The van der Waals surface area contributed by atoms with E-state index in [1.165, 1.54) is 0 Å². The van der Waals surface area contributed by atoms with Gasteiger partial charge in [0.2, 0.25) is 0 Å². The number of nitrogens with two attached hydrogens (primary N) is 1. The molecular weight excluding hydrogens is 234 g/mol. The first-order chi connectivity index (χ1) is 8.15. The minimum absolute atomic E-state index is 0.601. The fraction of sp³-hybridized carbons (Fsp3) is 0.0769. The number of rotatable bonds is 2. The lowest BCUT2D eigenvalue weighted by molar-refractivity contribution is 1.23. The van der Waals surface area contributed by atoms with Crippen molar-refractivity contribution in [3.05, 3.63) is 53.1 Å². The van der Waals surface area contributed by atoms with Crippen LogP contribution in [0.15, 0.2) is 52.7 Å².